The van der Waals surface area contributed by atoms with Crippen LogP contribution in [0.1, 0.15) is 20.3 Å². The van der Waals surface area contributed by atoms with Gasteiger partial charge in [-0.05, 0) is 38.7 Å². The average Bonchev–Trinajstić information content (AvgIpc) is 3.00. The van der Waals surface area contributed by atoms with Crippen molar-refractivity contribution in [2.75, 3.05) is 37.8 Å². The zero-order valence-corrected chi connectivity index (χ0v) is 18.6. The van der Waals surface area contributed by atoms with E-state index in [2.05, 4.69) is 45.6 Å². The summed E-state index contributed by atoms with van der Waals surface area (Å²) in [6, 6.07) is 4.09. The molecule has 1 unspecified atom stereocenters. The molecule has 2 N–H and O–H groups in total. The summed E-state index contributed by atoms with van der Waals surface area (Å²) in [4.78, 5) is 10.9. The fourth-order valence-electron chi connectivity index (χ4n) is 2.44. The molecule has 2 rings (SSSR count). The molecule has 1 saturated heterocycles. The zero-order valence-electron chi connectivity index (χ0n) is 14.7. The molecule has 136 valence electrons. The number of guanidine groups is 1. The van der Waals surface area contributed by atoms with E-state index in [1.807, 2.05) is 30.9 Å². The molecule has 0 radical (unpaired) electrons. The second-order valence-electron chi connectivity index (χ2n) is 6.27. The standard InChI is InChI=1S/C16H26ClN5S.HI/c1-16(2,23-4)11-20-15(18-3)21-12-7-9-22(10-12)14-13(17)6-5-8-19-14;/h5-6,8,12H,7,9-11H2,1-4H3,(H2,18,20,21);1H. The first-order valence-electron chi connectivity index (χ1n) is 7.83. The van der Waals surface area contributed by atoms with Gasteiger partial charge in [-0.2, -0.15) is 11.8 Å². The van der Waals surface area contributed by atoms with Crippen molar-refractivity contribution in [3.63, 3.8) is 0 Å². The predicted octanol–water partition coefficient (Wildman–Crippen LogP) is 3.24. The molecule has 5 nitrogen and oxygen atoms in total. The number of thioether (sulfide) groups is 1. The molecule has 0 saturated carbocycles. The monoisotopic (exact) mass is 483 g/mol. The Bertz CT molecular complexity index is 555. The van der Waals surface area contributed by atoms with E-state index in [1.165, 1.54) is 0 Å². The summed E-state index contributed by atoms with van der Waals surface area (Å²) in [5.74, 6) is 1.72. The molecular formula is C16H27ClIN5S. The van der Waals surface area contributed by atoms with E-state index in [-0.39, 0.29) is 28.7 Å². The molecule has 1 aromatic heterocycles. The van der Waals surface area contributed by atoms with Crippen molar-refractivity contribution in [2.24, 2.45) is 4.99 Å². The summed E-state index contributed by atoms with van der Waals surface area (Å²) in [6.07, 6.45) is 4.95. The Morgan fingerprint density at radius 1 is 1.54 bits per heavy atom. The van der Waals surface area contributed by atoms with Gasteiger partial charge in [-0.1, -0.05) is 11.6 Å². The number of nitrogens with zero attached hydrogens (tertiary/aromatic N) is 3. The Morgan fingerprint density at radius 3 is 2.92 bits per heavy atom. The van der Waals surface area contributed by atoms with Gasteiger partial charge in [-0.25, -0.2) is 4.98 Å². The smallest absolute Gasteiger partial charge is 0.191 e. The van der Waals surface area contributed by atoms with Gasteiger partial charge in [0.25, 0.3) is 0 Å². The summed E-state index contributed by atoms with van der Waals surface area (Å²) in [6.45, 7) is 7.14. The van der Waals surface area contributed by atoms with Gasteiger partial charge in [0.2, 0.25) is 0 Å². The lowest BCUT2D eigenvalue weighted by molar-refractivity contribution is 0.623. The quantitative estimate of drug-likeness (QED) is 0.383. The van der Waals surface area contributed by atoms with Crippen LogP contribution in [0.15, 0.2) is 23.3 Å². The highest BCUT2D eigenvalue weighted by atomic mass is 127. The second kappa shape index (κ2) is 9.91. The van der Waals surface area contributed by atoms with Crippen LogP contribution in [0, 0.1) is 0 Å². The van der Waals surface area contributed by atoms with Crippen LogP contribution in [0.3, 0.4) is 0 Å². The molecule has 1 atom stereocenters. The number of hydrogen-bond donors (Lipinski definition) is 2. The maximum atomic E-state index is 6.24. The Kier molecular flexibility index (Phi) is 8.94. The summed E-state index contributed by atoms with van der Waals surface area (Å²) in [7, 11) is 1.81. The van der Waals surface area contributed by atoms with E-state index >= 15 is 0 Å². The lowest BCUT2D eigenvalue weighted by Crippen LogP contribution is -2.47. The Hall–Kier alpha value is -0.410. The molecule has 1 fully saturated rings. The minimum absolute atomic E-state index is 0. The molecule has 1 aliphatic rings. The highest BCUT2D eigenvalue weighted by Gasteiger charge is 2.26. The average molecular weight is 484 g/mol. The Morgan fingerprint density at radius 2 is 2.29 bits per heavy atom. The van der Waals surface area contributed by atoms with Crippen LogP contribution in [-0.2, 0) is 0 Å². The van der Waals surface area contributed by atoms with Gasteiger partial charge < -0.3 is 15.5 Å². The van der Waals surface area contributed by atoms with Crippen molar-refractivity contribution in [2.45, 2.75) is 31.1 Å². The van der Waals surface area contributed by atoms with E-state index < -0.39 is 0 Å². The summed E-state index contributed by atoms with van der Waals surface area (Å²) in [5, 5.41) is 7.62. The number of nitrogens with one attached hydrogen (secondary N) is 2. The van der Waals surface area contributed by atoms with Gasteiger partial charge in [0, 0.05) is 43.7 Å². The van der Waals surface area contributed by atoms with Crippen molar-refractivity contribution in [3.8, 4) is 0 Å². The first-order valence-corrected chi connectivity index (χ1v) is 9.43. The molecule has 0 spiro atoms. The van der Waals surface area contributed by atoms with Crippen LogP contribution in [0.2, 0.25) is 5.02 Å². The molecule has 0 bridgehead atoms. The van der Waals surface area contributed by atoms with Gasteiger partial charge in [0.1, 0.15) is 5.82 Å². The van der Waals surface area contributed by atoms with Gasteiger partial charge in [-0.3, -0.25) is 4.99 Å². The molecule has 0 aromatic carbocycles. The predicted molar refractivity (Wildman–Crippen MR) is 117 cm³/mol. The van der Waals surface area contributed by atoms with E-state index in [0.717, 1.165) is 37.8 Å². The van der Waals surface area contributed by atoms with Gasteiger partial charge in [0.05, 0.1) is 5.02 Å². The van der Waals surface area contributed by atoms with Crippen LogP contribution in [0.4, 0.5) is 5.82 Å². The zero-order chi connectivity index (χ0) is 16.9. The third-order valence-electron chi connectivity index (χ3n) is 4.03. The van der Waals surface area contributed by atoms with Gasteiger partial charge in [0.15, 0.2) is 5.96 Å². The number of rotatable bonds is 5. The Labute approximate surface area is 171 Å². The number of aromatic nitrogens is 1. The highest BCUT2D eigenvalue weighted by Crippen LogP contribution is 2.25. The number of aliphatic imine (C=N–C) groups is 1. The SMILES string of the molecule is CN=C(NCC(C)(C)SC)NC1CCN(c2ncccc2Cl)C1.I. The Balaban J connectivity index is 0.00000288. The molecule has 0 aliphatic carbocycles. The molecule has 24 heavy (non-hydrogen) atoms. The van der Waals surface area contributed by atoms with Crippen molar-refractivity contribution < 1.29 is 0 Å². The summed E-state index contributed by atoms with van der Waals surface area (Å²) < 4.78 is 0.181. The van der Waals surface area contributed by atoms with E-state index in [9.17, 15) is 0 Å². The molecular weight excluding hydrogens is 457 g/mol. The maximum absolute atomic E-state index is 6.24. The molecule has 2 heterocycles. The first kappa shape index (κ1) is 21.6. The number of hydrogen-bond acceptors (Lipinski definition) is 4. The van der Waals surface area contributed by atoms with Crippen LogP contribution < -0.4 is 15.5 Å². The number of halogens is 2. The minimum Gasteiger partial charge on any atom is -0.355 e. The van der Waals surface area contributed by atoms with E-state index in [0.29, 0.717) is 11.1 Å². The number of anilines is 1. The van der Waals surface area contributed by atoms with Gasteiger partial charge >= 0.3 is 0 Å². The van der Waals surface area contributed by atoms with Crippen LogP contribution in [-0.4, -0.2) is 54.7 Å². The second-order valence-corrected chi connectivity index (χ2v) is 8.19. The van der Waals surface area contributed by atoms with Crippen molar-refractivity contribution in [1.82, 2.24) is 15.6 Å². The first-order chi connectivity index (χ1) is 10.9. The van der Waals surface area contributed by atoms with Crippen molar-refractivity contribution in [1.29, 1.82) is 0 Å². The molecule has 1 aliphatic heterocycles. The fourth-order valence-corrected chi connectivity index (χ4v) is 2.89. The summed E-state index contributed by atoms with van der Waals surface area (Å²) >= 11 is 8.08. The molecule has 8 heteroatoms. The normalized spacial score (nSPS) is 18.3. The fraction of sp³-hybridized carbons (Fsp3) is 0.625. The van der Waals surface area contributed by atoms with Crippen molar-refractivity contribution >= 4 is 59.1 Å². The molecule has 1 aromatic rings. The van der Waals surface area contributed by atoms with Crippen LogP contribution >= 0.6 is 47.3 Å². The maximum Gasteiger partial charge on any atom is 0.191 e. The largest absolute Gasteiger partial charge is 0.355 e. The lowest BCUT2D eigenvalue weighted by Gasteiger charge is -2.25. The number of pyridine rings is 1. The highest BCUT2D eigenvalue weighted by molar-refractivity contribution is 14.0. The van der Waals surface area contributed by atoms with E-state index in [4.69, 9.17) is 11.6 Å². The van der Waals surface area contributed by atoms with E-state index in [1.54, 1.807) is 6.20 Å². The lowest BCUT2D eigenvalue weighted by atomic mass is 10.2. The van der Waals surface area contributed by atoms with Crippen LogP contribution in [0.5, 0.6) is 0 Å². The summed E-state index contributed by atoms with van der Waals surface area (Å²) in [5.41, 5.74) is 0. The molecule has 0 amide bonds. The van der Waals surface area contributed by atoms with Gasteiger partial charge in [-0.15, -0.1) is 24.0 Å². The third-order valence-corrected chi connectivity index (χ3v) is 5.57. The van der Waals surface area contributed by atoms with Crippen molar-refractivity contribution in [3.05, 3.63) is 23.4 Å². The topological polar surface area (TPSA) is 52.6 Å². The third kappa shape index (κ3) is 6.15. The van der Waals surface area contributed by atoms with Crippen LogP contribution in [0.25, 0.3) is 0 Å². The minimum atomic E-state index is 0.